The second-order valence-corrected chi connectivity index (χ2v) is 6.77. The third kappa shape index (κ3) is 4.07. The van der Waals surface area contributed by atoms with Crippen molar-refractivity contribution in [3.63, 3.8) is 0 Å². The lowest BCUT2D eigenvalue weighted by Crippen LogP contribution is -2.44. The summed E-state index contributed by atoms with van der Waals surface area (Å²) >= 11 is 0. The Bertz CT molecular complexity index is 388. The van der Waals surface area contributed by atoms with Crippen LogP contribution in [-0.4, -0.2) is 31.6 Å². The van der Waals surface area contributed by atoms with E-state index in [4.69, 9.17) is 0 Å². The molecule has 2 heteroatoms. The van der Waals surface area contributed by atoms with Crippen LogP contribution in [0.15, 0.2) is 30.3 Å². The number of benzene rings is 1. The monoisotopic (exact) mass is 274 g/mol. The third-order valence-corrected chi connectivity index (χ3v) is 4.87. The molecule has 0 aliphatic heterocycles. The Hall–Kier alpha value is -0.860. The van der Waals surface area contributed by atoms with Crippen LogP contribution in [0.25, 0.3) is 0 Å². The van der Waals surface area contributed by atoms with Crippen LogP contribution in [0.3, 0.4) is 0 Å². The zero-order valence-corrected chi connectivity index (χ0v) is 13.5. The molecule has 1 aromatic rings. The van der Waals surface area contributed by atoms with Gasteiger partial charge in [-0.3, -0.25) is 0 Å². The van der Waals surface area contributed by atoms with Crippen molar-refractivity contribution in [2.75, 3.05) is 20.6 Å². The fraction of sp³-hybridized carbons (Fsp3) is 0.667. The summed E-state index contributed by atoms with van der Waals surface area (Å²) in [6.07, 6.45) is 4.08. The first kappa shape index (κ1) is 15.5. The summed E-state index contributed by atoms with van der Waals surface area (Å²) in [5, 5.41) is 3.94. The van der Waals surface area contributed by atoms with Gasteiger partial charge in [-0.25, -0.2) is 0 Å². The first-order chi connectivity index (χ1) is 9.58. The van der Waals surface area contributed by atoms with Gasteiger partial charge in [-0.2, -0.15) is 0 Å². The summed E-state index contributed by atoms with van der Waals surface area (Å²) in [7, 11) is 4.31. The Morgan fingerprint density at radius 2 is 1.85 bits per heavy atom. The molecule has 0 heterocycles. The second-order valence-electron chi connectivity index (χ2n) is 6.77. The zero-order valence-electron chi connectivity index (χ0n) is 13.5. The van der Waals surface area contributed by atoms with Crippen molar-refractivity contribution in [1.82, 2.24) is 10.2 Å². The van der Waals surface area contributed by atoms with E-state index in [0.29, 0.717) is 12.1 Å². The topological polar surface area (TPSA) is 15.3 Å². The van der Waals surface area contributed by atoms with E-state index in [0.717, 1.165) is 18.4 Å². The van der Waals surface area contributed by atoms with E-state index in [1.54, 1.807) is 0 Å². The van der Waals surface area contributed by atoms with Gasteiger partial charge in [0.25, 0.3) is 0 Å². The van der Waals surface area contributed by atoms with E-state index in [-0.39, 0.29) is 0 Å². The Kier molecular flexibility index (Phi) is 5.62. The molecule has 1 N–H and O–H groups in total. The van der Waals surface area contributed by atoms with E-state index >= 15 is 0 Å². The van der Waals surface area contributed by atoms with Crippen LogP contribution in [0.5, 0.6) is 0 Å². The average Bonchev–Trinajstić information content (AvgIpc) is 2.43. The molecule has 0 amide bonds. The van der Waals surface area contributed by atoms with Crippen LogP contribution < -0.4 is 5.32 Å². The summed E-state index contributed by atoms with van der Waals surface area (Å²) in [4.78, 5) is 2.28. The Labute approximate surface area is 124 Å². The Morgan fingerprint density at radius 3 is 2.50 bits per heavy atom. The number of likely N-dealkylation sites (N-methyl/N-ethyl adjacent to an activating group) is 1. The maximum absolute atomic E-state index is 3.94. The molecule has 1 fully saturated rings. The van der Waals surface area contributed by atoms with Gasteiger partial charge in [0.1, 0.15) is 0 Å². The minimum Gasteiger partial charge on any atom is -0.308 e. The highest BCUT2D eigenvalue weighted by Crippen LogP contribution is 2.31. The van der Waals surface area contributed by atoms with Crippen molar-refractivity contribution in [3.8, 4) is 0 Å². The predicted octanol–water partition coefficient (Wildman–Crippen LogP) is 3.70. The number of nitrogens with zero attached hydrogens (tertiary/aromatic N) is 1. The first-order valence-corrected chi connectivity index (χ1v) is 8.03. The molecule has 0 aromatic heterocycles. The van der Waals surface area contributed by atoms with Crippen molar-refractivity contribution in [1.29, 1.82) is 0 Å². The van der Waals surface area contributed by atoms with Crippen LogP contribution in [0.4, 0.5) is 0 Å². The minimum absolute atomic E-state index is 0.434. The van der Waals surface area contributed by atoms with Gasteiger partial charge >= 0.3 is 0 Å². The molecule has 0 radical (unpaired) electrons. The Balaban J connectivity index is 2.07. The molecule has 112 valence electrons. The van der Waals surface area contributed by atoms with Crippen LogP contribution in [0, 0.1) is 11.8 Å². The highest BCUT2D eigenvalue weighted by Gasteiger charge is 2.29. The Morgan fingerprint density at radius 1 is 1.15 bits per heavy atom. The average molecular weight is 274 g/mol. The molecule has 0 saturated heterocycles. The van der Waals surface area contributed by atoms with E-state index in [1.165, 1.54) is 24.8 Å². The van der Waals surface area contributed by atoms with Crippen LogP contribution in [0.2, 0.25) is 0 Å². The fourth-order valence-electron chi connectivity index (χ4n) is 3.38. The van der Waals surface area contributed by atoms with Gasteiger partial charge in [0.05, 0.1) is 0 Å². The molecule has 2 nitrogen and oxygen atoms in total. The first-order valence-electron chi connectivity index (χ1n) is 8.03. The summed E-state index contributed by atoms with van der Waals surface area (Å²) in [6.45, 7) is 5.88. The summed E-state index contributed by atoms with van der Waals surface area (Å²) in [6, 6.07) is 12.0. The van der Waals surface area contributed by atoms with Gasteiger partial charge in [-0.05, 0) is 37.9 Å². The van der Waals surface area contributed by atoms with Gasteiger partial charge in [0, 0.05) is 18.6 Å². The number of nitrogens with one attached hydrogen (secondary N) is 1. The standard InChI is InChI=1S/C18H30N2/c1-14-9-8-12-17(15(14)2)19-18(13-20(3)4)16-10-6-5-7-11-16/h5-7,10-11,14-15,17-19H,8-9,12-13H2,1-4H3. The third-order valence-electron chi connectivity index (χ3n) is 4.87. The SMILES string of the molecule is CC1CCCC(NC(CN(C)C)c2ccccc2)C1C. The lowest BCUT2D eigenvalue weighted by Gasteiger charge is -2.38. The molecule has 0 bridgehead atoms. The molecular weight excluding hydrogens is 244 g/mol. The molecule has 1 saturated carbocycles. The lowest BCUT2D eigenvalue weighted by molar-refractivity contribution is 0.183. The second kappa shape index (κ2) is 7.24. The molecular formula is C18H30N2. The van der Waals surface area contributed by atoms with Gasteiger partial charge < -0.3 is 10.2 Å². The van der Waals surface area contributed by atoms with E-state index in [9.17, 15) is 0 Å². The lowest BCUT2D eigenvalue weighted by atomic mass is 9.77. The maximum Gasteiger partial charge on any atom is 0.0451 e. The number of hydrogen-bond donors (Lipinski definition) is 1. The van der Waals surface area contributed by atoms with Crippen molar-refractivity contribution in [2.45, 2.75) is 45.2 Å². The zero-order chi connectivity index (χ0) is 14.5. The van der Waals surface area contributed by atoms with E-state index in [1.807, 2.05) is 0 Å². The molecule has 0 spiro atoms. The van der Waals surface area contributed by atoms with Crippen LogP contribution in [0.1, 0.15) is 44.7 Å². The molecule has 1 aliphatic rings. The van der Waals surface area contributed by atoms with Gasteiger partial charge in [-0.1, -0.05) is 57.0 Å². The van der Waals surface area contributed by atoms with Gasteiger partial charge in [-0.15, -0.1) is 0 Å². The number of rotatable bonds is 5. The van der Waals surface area contributed by atoms with E-state index < -0.39 is 0 Å². The predicted molar refractivity (Wildman–Crippen MR) is 86.8 cm³/mol. The summed E-state index contributed by atoms with van der Waals surface area (Å²) < 4.78 is 0. The highest BCUT2D eigenvalue weighted by atomic mass is 15.1. The molecule has 1 aliphatic carbocycles. The van der Waals surface area contributed by atoms with Crippen molar-refractivity contribution < 1.29 is 0 Å². The molecule has 1 aromatic carbocycles. The smallest absolute Gasteiger partial charge is 0.0451 e. The van der Waals surface area contributed by atoms with Crippen molar-refractivity contribution >= 4 is 0 Å². The minimum atomic E-state index is 0.434. The van der Waals surface area contributed by atoms with Crippen molar-refractivity contribution in [3.05, 3.63) is 35.9 Å². The maximum atomic E-state index is 3.94. The molecule has 20 heavy (non-hydrogen) atoms. The molecule has 4 unspecified atom stereocenters. The fourth-order valence-corrected chi connectivity index (χ4v) is 3.38. The van der Waals surface area contributed by atoms with Crippen molar-refractivity contribution in [2.24, 2.45) is 11.8 Å². The van der Waals surface area contributed by atoms with Crippen LogP contribution in [-0.2, 0) is 0 Å². The quantitative estimate of drug-likeness (QED) is 0.880. The highest BCUT2D eigenvalue weighted by molar-refractivity contribution is 5.19. The van der Waals surface area contributed by atoms with Crippen LogP contribution >= 0.6 is 0 Å². The molecule has 4 atom stereocenters. The summed E-state index contributed by atoms with van der Waals surface area (Å²) in [5.74, 6) is 1.62. The van der Waals surface area contributed by atoms with E-state index in [2.05, 4.69) is 68.5 Å². The normalized spacial score (nSPS) is 28.6. The summed E-state index contributed by atoms with van der Waals surface area (Å²) in [5.41, 5.74) is 1.41. The van der Waals surface area contributed by atoms with Gasteiger partial charge in [0.2, 0.25) is 0 Å². The molecule has 2 rings (SSSR count). The number of hydrogen-bond acceptors (Lipinski definition) is 2. The van der Waals surface area contributed by atoms with Gasteiger partial charge in [0.15, 0.2) is 0 Å². The largest absolute Gasteiger partial charge is 0.308 e.